The molecule has 0 radical (unpaired) electrons. The summed E-state index contributed by atoms with van der Waals surface area (Å²) >= 11 is 12.4. The molecule has 0 atom stereocenters. The molecule has 2 N–H and O–H groups in total. The Bertz CT molecular complexity index is 1140. The number of benzene rings is 2. The second kappa shape index (κ2) is 7.87. The zero-order chi connectivity index (χ0) is 20.4. The Labute approximate surface area is 168 Å². The van der Waals surface area contributed by atoms with Gasteiger partial charge in [-0.2, -0.15) is 0 Å². The zero-order valence-electron chi connectivity index (χ0n) is 14.4. The molecule has 1 heterocycles. The average molecular weight is 422 g/mol. The minimum atomic E-state index is -1.18. The maximum Gasteiger partial charge on any atom is 0.322 e. The summed E-state index contributed by atoms with van der Waals surface area (Å²) in [5, 5.41) is 11.4. The largest absolute Gasteiger partial charge is 0.480 e. The summed E-state index contributed by atoms with van der Waals surface area (Å²) in [6.45, 7) is -0.532. The van der Waals surface area contributed by atoms with Crippen molar-refractivity contribution in [3.63, 3.8) is 0 Å². The Morgan fingerprint density at radius 3 is 2.54 bits per heavy atom. The molecule has 0 bridgehead atoms. The lowest BCUT2D eigenvalue weighted by molar-refractivity contribution is -0.135. The van der Waals surface area contributed by atoms with Crippen molar-refractivity contribution >= 4 is 46.0 Å². The molecule has 1 aromatic heterocycles. The molecule has 0 spiro atoms. The number of carboxylic acids is 1. The van der Waals surface area contributed by atoms with Gasteiger partial charge < -0.3 is 19.7 Å². The first-order chi connectivity index (χ1) is 13.3. The Balaban J connectivity index is 1.89. The number of aliphatic carboxylic acids is 1. The second-order valence-corrected chi connectivity index (χ2v) is 6.60. The van der Waals surface area contributed by atoms with E-state index in [9.17, 15) is 14.4 Å². The van der Waals surface area contributed by atoms with E-state index in [0.717, 1.165) is 0 Å². The number of ether oxygens (including phenoxy) is 1. The minimum Gasteiger partial charge on any atom is -0.480 e. The van der Waals surface area contributed by atoms with Crippen molar-refractivity contribution in [3.05, 3.63) is 62.6 Å². The smallest absolute Gasteiger partial charge is 0.322 e. The molecule has 28 heavy (non-hydrogen) atoms. The molecule has 0 aliphatic carbocycles. The summed E-state index contributed by atoms with van der Waals surface area (Å²) < 4.78 is 7.08. The molecule has 0 aliphatic rings. The van der Waals surface area contributed by atoms with Crippen molar-refractivity contribution in [2.45, 2.75) is 0 Å². The highest BCUT2D eigenvalue weighted by Crippen LogP contribution is 2.37. The highest BCUT2D eigenvalue weighted by atomic mass is 35.5. The van der Waals surface area contributed by atoms with E-state index < -0.39 is 18.4 Å². The monoisotopic (exact) mass is 421 g/mol. The maximum absolute atomic E-state index is 12.1. The van der Waals surface area contributed by atoms with Crippen molar-refractivity contribution in [2.75, 3.05) is 6.54 Å². The molecule has 0 aliphatic heterocycles. The standard InChI is InChI=1S/C18H13Cl2N3O5/c1-23-8-22-14-6-10(2-3-11(14)18(23)27)28-16-12(19)4-9(5-13(16)20)17(26)21-7-15(24)25/h2-6,8H,7H2,1H3,(H,21,26)(H,24,25). The van der Waals surface area contributed by atoms with Crippen LogP contribution in [0.5, 0.6) is 11.5 Å². The fourth-order valence-corrected chi connectivity index (χ4v) is 2.98. The SMILES string of the molecule is Cn1cnc2cc(Oc3c(Cl)cc(C(=O)NCC(=O)O)cc3Cl)ccc2c1=O. The van der Waals surface area contributed by atoms with Crippen LogP contribution >= 0.6 is 23.2 Å². The van der Waals surface area contributed by atoms with Gasteiger partial charge in [0.2, 0.25) is 0 Å². The number of nitrogens with one attached hydrogen (secondary N) is 1. The van der Waals surface area contributed by atoms with Crippen LogP contribution in [-0.4, -0.2) is 33.1 Å². The number of rotatable bonds is 5. The Morgan fingerprint density at radius 2 is 1.89 bits per heavy atom. The van der Waals surface area contributed by atoms with Crippen LogP contribution in [-0.2, 0) is 11.8 Å². The van der Waals surface area contributed by atoms with Crippen LogP contribution in [0.2, 0.25) is 10.0 Å². The Hall–Kier alpha value is -3.10. The number of carbonyl (C=O) groups excluding carboxylic acids is 1. The van der Waals surface area contributed by atoms with Crippen LogP contribution in [0.15, 0.2) is 41.5 Å². The van der Waals surface area contributed by atoms with Crippen LogP contribution in [0.3, 0.4) is 0 Å². The van der Waals surface area contributed by atoms with Gasteiger partial charge in [-0.05, 0) is 24.3 Å². The lowest BCUT2D eigenvalue weighted by Gasteiger charge is -2.12. The average Bonchev–Trinajstić information content (AvgIpc) is 2.65. The van der Waals surface area contributed by atoms with Crippen molar-refractivity contribution in [2.24, 2.45) is 7.05 Å². The van der Waals surface area contributed by atoms with E-state index in [2.05, 4.69) is 10.3 Å². The molecule has 0 saturated heterocycles. The van der Waals surface area contributed by atoms with Gasteiger partial charge in [0.1, 0.15) is 12.3 Å². The van der Waals surface area contributed by atoms with Gasteiger partial charge in [0.25, 0.3) is 11.5 Å². The number of carboxylic acid groups (broad SMARTS) is 1. The Morgan fingerprint density at radius 1 is 1.21 bits per heavy atom. The third-order valence-electron chi connectivity index (χ3n) is 3.77. The molecule has 2 aromatic carbocycles. The zero-order valence-corrected chi connectivity index (χ0v) is 15.9. The van der Waals surface area contributed by atoms with E-state index in [1.807, 2.05) is 0 Å². The molecule has 0 fully saturated rings. The van der Waals surface area contributed by atoms with Crippen LogP contribution < -0.4 is 15.6 Å². The predicted octanol–water partition coefficient (Wildman–Crippen LogP) is 2.85. The van der Waals surface area contributed by atoms with Gasteiger partial charge in [0, 0.05) is 18.7 Å². The molecular formula is C18H13Cl2N3O5. The van der Waals surface area contributed by atoms with E-state index in [0.29, 0.717) is 16.7 Å². The summed E-state index contributed by atoms with van der Waals surface area (Å²) in [5.74, 6) is -1.35. The van der Waals surface area contributed by atoms with E-state index in [1.165, 1.54) is 23.0 Å². The van der Waals surface area contributed by atoms with Gasteiger partial charge in [-0.15, -0.1) is 0 Å². The normalized spacial score (nSPS) is 10.7. The van der Waals surface area contributed by atoms with E-state index in [1.54, 1.807) is 25.2 Å². The topological polar surface area (TPSA) is 111 Å². The molecule has 10 heteroatoms. The summed E-state index contributed by atoms with van der Waals surface area (Å²) in [4.78, 5) is 38.7. The lowest BCUT2D eigenvalue weighted by atomic mass is 10.2. The summed E-state index contributed by atoms with van der Waals surface area (Å²) in [5.41, 5.74) is 0.342. The van der Waals surface area contributed by atoms with Crippen molar-refractivity contribution in [3.8, 4) is 11.5 Å². The number of aryl methyl sites for hydroxylation is 1. The fourth-order valence-electron chi connectivity index (χ4n) is 2.42. The van der Waals surface area contributed by atoms with Crippen LogP contribution in [0.25, 0.3) is 10.9 Å². The highest BCUT2D eigenvalue weighted by molar-refractivity contribution is 6.37. The summed E-state index contributed by atoms with van der Waals surface area (Å²) in [6.07, 6.45) is 1.40. The highest BCUT2D eigenvalue weighted by Gasteiger charge is 2.16. The number of amides is 1. The number of nitrogens with zero attached hydrogens (tertiary/aromatic N) is 2. The summed E-state index contributed by atoms with van der Waals surface area (Å²) in [6, 6.07) is 7.35. The number of halogens is 2. The van der Waals surface area contributed by atoms with E-state index >= 15 is 0 Å². The van der Waals surface area contributed by atoms with Gasteiger partial charge in [0.15, 0.2) is 5.75 Å². The predicted molar refractivity (Wildman–Crippen MR) is 103 cm³/mol. The third kappa shape index (κ3) is 4.08. The van der Waals surface area contributed by atoms with Crippen molar-refractivity contribution in [1.82, 2.24) is 14.9 Å². The number of hydrogen-bond acceptors (Lipinski definition) is 5. The number of aromatic nitrogens is 2. The molecule has 144 valence electrons. The van der Waals surface area contributed by atoms with Crippen molar-refractivity contribution in [1.29, 1.82) is 0 Å². The second-order valence-electron chi connectivity index (χ2n) is 5.79. The van der Waals surface area contributed by atoms with Gasteiger partial charge >= 0.3 is 5.97 Å². The first-order valence-corrected chi connectivity index (χ1v) is 8.64. The molecule has 8 nitrogen and oxygen atoms in total. The van der Waals surface area contributed by atoms with Gasteiger partial charge in [-0.3, -0.25) is 14.4 Å². The molecule has 0 saturated carbocycles. The van der Waals surface area contributed by atoms with E-state index in [4.69, 9.17) is 33.0 Å². The molecule has 0 unspecified atom stereocenters. The molecule has 3 aromatic rings. The number of carbonyl (C=O) groups is 2. The first-order valence-electron chi connectivity index (χ1n) is 7.88. The fraction of sp³-hybridized carbons (Fsp3) is 0.111. The number of fused-ring (bicyclic) bond motifs is 1. The van der Waals surface area contributed by atoms with E-state index in [-0.39, 0.29) is 26.9 Å². The molecule has 3 rings (SSSR count). The molecular weight excluding hydrogens is 409 g/mol. The van der Waals surface area contributed by atoms with Crippen LogP contribution in [0.1, 0.15) is 10.4 Å². The quantitative estimate of drug-likeness (QED) is 0.655. The molecule has 1 amide bonds. The minimum absolute atomic E-state index is 0.0602. The van der Waals surface area contributed by atoms with Crippen molar-refractivity contribution < 1.29 is 19.4 Å². The Kier molecular flexibility index (Phi) is 5.53. The maximum atomic E-state index is 12.1. The van der Waals surface area contributed by atoms with Gasteiger partial charge in [0.05, 0.1) is 27.3 Å². The lowest BCUT2D eigenvalue weighted by Crippen LogP contribution is -2.29. The van der Waals surface area contributed by atoms with Gasteiger partial charge in [-0.1, -0.05) is 23.2 Å². The summed E-state index contributed by atoms with van der Waals surface area (Å²) in [7, 11) is 1.60. The number of hydrogen-bond donors (Lipinski definition) is 2. The van der Waals surface area contributed by atoms with Crippen LogP contribution in [0.4, 0.5) is 0 Å². The first kappa shape index (κ1) is 19.7. The van der Waals surface area contributed by atoms with Gasteiger partial charge in [-0.25, -0.2) is 4.98 Å². The third-order valence-corrected chi connectivity index (χ3v) is 4.33. The van der Waals surface area contributed by atoms with Crippen LogP contribution in [0, 0.1) is 0 Å².